The molecule has 1 aromatic carbocycles. The van der Waals surface area contributed by atoms with E-state index < -0.39 is 6.09 Å². The van der Waals surface area contributed by atoms with Gasteiger partial charge in [0.05, 0.1) is 0 Å². The lowest BCUT2D eigenvalue weighted by Gasteiger charge is -2.29. The van der Waals surface area contributed by atoms with Gasteiger partial charge in [0.15, 0.2) is 0 Å². The Balaban J connectivity index is 1.66. The summed E-state index contributed by atoms with van der Waals surface area (Å²) in [5.74, 6) is 1.25. The molecule has 0 unspecified atom stereocenters. The third-order valence-corrected chi connectivity index (χ3v) is 5.47. The fourth-order valence-electron chi connectivity index (χ4n) is 3.73. The number of aromatic nitrogens is 1. The fraction of sp³-hybridized carbons (Fsp3) is 0.500. The number of rotatable bonds is 3. The normalized spacial score (nSPS) is 19.4. The van der Waals surface area contributed by atoms with Crippen LogP contribution in [-0.4, -0.2) is 33.8 Å². The van der Waals surface area contributed by atoms with E-state index in [0.29, 0.717) is 19.0 Å². The molecule has 23 heavy (non-hydrogen) atoms. The third kappa shape index (κ3) is 2.92. The highest BCUT2D eigenvalue weighted by atomic mass is 35.5. The predicted molar refractivity (Wildman–Crippen MR) is 91.2 cm³/mol. The molecule has 2 fully saturated rings. The zero-order chi connectivity index (χ0) is 16.0. The van der Waals surface area contributed by atoms with E-state index in [0.717, 1.165) is 30.3 Å². The fourth-order valence-corrected chi connectivity index (χ4v) is 3.91. The number of fused-ring (bicyclic) bond motifs is 1. The zero-order valence-corrected chi connectivity index (χ0v) is 13.8. The average Bonchev–Trinajstić information content (AvgIpc) is 3.29. The molecule has 4 nitrogen and oxygen atoms in total. The maximum absolute atomic E-state index is 11.1. The van der Waals surface area contributed by atoms with Gasteiger partial charge in [-0.2, -0.15) is 0 Å². The topological polar surface area (TPSA) is 45.5 Å². The highest BCUT2D eigenvalue weighted by Crippen LogP contribution is 2.38. The van der Waals surface area contributed by atoms with Crippen molar-refractivity contribution in [3.8, 4) is 0 Å². The van der Waals surface area contributed by atoms with Gasteiger partial charge in [0.1, 0.15) is 0 Å². The van der Waals surface area contributed by atoms with Crippen molar-refractivity contribution in [2.45, 2.75) is 38.1 Å². The molecule has 0 spiro atoms. The Morgan fingerprint density at radius 3 is 2.61 bits per heavy atom. The van der Waals surface area contributed by atoms with Gasteiger partial charge in [-0.05, 0) is 61.3 Å². The molecule has 0 atom stereocenters. The Morgan fingerprint density at radius 2 is 1.96 bits per heavy atom. The van der Waals surface area contributed by atoms with Crippen LogP contribution in [0.25, 0.3) is 10.9 Å². The predicted octanol–water partition coefficient (Wildman–Crippen LogP) is 4.56. The molecule has 0 bridgehead atoms. The molecule has 2 heterocycles. The van der Waals surface area contributed by atoms with Crippen LogP contribution in [0, 0.1) is 5.92 Å². The average molecular weight is 333 g/mol. The lowest BCUT2D eigenvalue weighted by molar-refractivity contribution is 0.132. The van der Waals surface area contributed by atoms with Crippen molar-refractivity contribution in [1.29, 1.82) is 0 Å². The van der Waals surface area contributed by atoms with Gasteiger partial charge in [0.25, 0.3) is 0 Å². The Hall–Kier alpha value is -1.68. The van der Waals surface area contributed by atoms with Crippen LogP contribution in [0.15, 0.2) is 24.4 Å². The van der Waals surface area contributed by atoms with Crippen LogP contribution in [0.4, 0.5) is 4.79 Å². The van der Waals surface area contributed by atoms with Crippen LogP contribution in [0.3, 0.4) is 0 Å². The van der Waals surface area contributed by atoms with Crippen LogP contribution in [0.1, 0.15) is 37.2 Å². The zero-order valence-electron chi connectivity index (χ0n) is 13.0. The molecule has 1 aromatic heterocycles. The SMILES string of the molecule is O=C(O)N1CCC(c2cn(CC3CC3)c3ccc(Cl)cc23)CC1. The third-order valence-electron chi connectivity index (χ3n) is 5.23. The van der Waals surface area contributed by atoms with Gasteiger partial charge < -0.3 is 14.6 Å². The number of piperidine rings is 1. The molecule has 1 amide bonds. The molecule has 2 aromatic rings. The quantitative estimate of drug-likeness (QED) is 0.895. The van der Waals surface area contributed by atoms with E-state index in [-0.39, 0.29) is 0 Å². The van der Waals surface area contributed by atoms with E-state index >= 15 is 0 Å². The van der Waals surface area contributed by atoms with Crippen molar-refractivity contribution in [2.24, 2.45) is 5.92 Å². The smallest absolute Gasteiger partial charge is 0.407 e. The molecule has 1 aliphatic carbocycles. The summed E-state index contributed by atoms with van der Waals surface area (Å²) in [5, 5.41) is 11.1. The number of carboxylic acid groups (broad SMARTS) is 1. The second-order valence-electron chi connectivity index (χ2n) is 6.89. The second-order valence-corrected chi connectivity index (χ2v) is 7.32. The van der Waals surface area contributed by atoms with Gasteiger partial charge in [-0.25, -0.2) is 4.79 Å². The van der Waals surface area contributed by atoms with Gasteiger partial charge in [-0.1, -0.05) is 11.6 Å². The van der Waals surface area contributed by atoms with Crippen molar-refractivity contribution in [3.05, 3.63) is 35.0 Å². The minimum Gasteiger partial charge on any atom is -0.465 e. The summed E-state index contributed by atoms with van der Waals surface area (Å²) in [6.45, 7) is 2.33. The monoisotopic (exact) mass is 332 g/mol. The van der Waals surface area contributed by atoms with E-state index in [1.165, 1.54) is 34.2 Å². The van der Waals surface area contributed by atoms with Gasteiger partial charge in [0, 0.05) is 41.8 Å². The minimum atomic E-state index is -0.803. The van der Waals surface area contributed by atoms with Crippen LogP contribution < -0.4 is 0 Å². The lowest BCUT2D eigenvalue weighted by atomic mass is 9.89. The number of halogens is 1. The first-order valence-electron chi connectivity index (χ1n) is 8.38. The van der Waals surface area contributed by atoms with Crippen molar-refractivity contribution < 1.29 is 9.90 Å². The Kier molecular flexibility index (Phi) is 3.72. The molecule has 4 rings (SSSR count). The molecule has 1 saturated carbocycles. The number of hydrogen-bond acceptors (Lipinski definition) is 1. The molecule has 0 radical (unpaired) electrons. The van der Waals surface area contributed by atoms with Crippen LogP contribution in [0.5, 0.6) is 0 Å². The van der Waals surface area contributed by atoms with Crippen molar-refractivity contribution in [3.63, 3.8) is 0 Å². The van der Waals surface area contributed by atoms with E-state index in [2.05, 4.69) is 22.9 Å². The molecule has 1 aliphatic heterocycles. The number of hydrogen-bond donors (Lipinski definition) is 1. The highest BCUT2D eigenvalue weighted by molar-refractivity contribution is 6.31. The van der Waals surface area contributed by atoms with Crippen LogP contribution in [-0.2, 0) is 6.54 Å². The van der Waals surface area contributed by atoms with Gasteiger partial charge in [-0.3, -0.25) is 0 Å². The van der Waals surface area contributed by atoms with Crippen molar-refractivity contribution in [1.82, 2.24) is 9.47 Å². The van der Waals surface area contributed by atoms with E-state index in [4.69, 9.17) is 16.7 Å². The number of amides is 1. The van der Waals surface area contributed by atoms with E-state index in [1.807, 2.05) is 6.07 Å². The number of nitrogens with zero attached hydrogens (tertiary/aromatic N) is 2. The van der Waals surface area contributed by atoms with Crippen LogP contribution >= 0.6 is 11.6 Å². The first-order valence-corrected chi connectivity index (χ1v) is 8.76. The number of benzene rings is 1. The highest BCUT2D eigenvalue weighted by Gasteiger charge is 2.27. The summed E-state index contributed by atoms with van der Waals surface area (Å²) in [4.78, 5) is 12.6. The van der Waals surface area contributed by atoms with E-state index in [1.54, 1.807) is 0 Å². The standard InChI is InChI=1S/C18H21ClN2O2/c19-14-3-4-17-15(9-14)16(11-21(17)10-12-1-2-12)13-5-7-20(8-6-13)18(22)23/h3-4,9,11-13H,1-2,5-8,10H2,(H,22,23). The maximum Gasteiger partial charge on any atom is 0.407 e. The summed E-state index contributed by atoms with van der Waals surface area (Å²) in [6, 6.07) is 6.15. The summed E-state index contributed by atoms with van der Waals surface area (Å²) >= 11 is 6.23. The molecular weight excluding hydrogens is 312 g/mol. The maximum atomic E-state index is 11.1. The number of carbonyl (C=O) groups is 1. The van der Waals surface area contributed by atoms with Crippen molar-refractivity contribution in [2.75, 3.05) is 13.1 Å². The van der Waals surface area contributed by atoms with E-state index in [9.17, 15) is 4.79 Å². The van der Waals surface area contributed by atoms with Gasteiger partial charge in [-0.15, -0.1) is 0 Å². The minimum absolute atomic E-state index is 0.423. The number of likely N-dealkylation sites (tertiary alicyclic amines) is 1. The summed E-state index contributed by atoms with van der Waals surface area (Å²) < 4.78 is 2.38. The molecule has 2 aliphatic rings. The molecular formula is C18H21ClN2O2. The summed E-state index contributed by atoms with van der Waals surface area (Å²) in [7, 11) is 0. The molecule has 1 saturated heterocycles. The largest absolute Gasteiger partial charge is 0.465 e. The Morgan fingerprint density at radius 1 is 1.22 bits per heavy atom. The van der Waals surface area contributed by atoms with Crippen LogP contribution in [0.2, 0.25) is 5.02 Å². The first kappa shape index (κ1) is 14.9. The Bertz CT molecular complexity index is 743. The summed E-state index contributed by atoms with van der Waals surface area (Å²) in [6.07, 6.45) is 5.94. The van der Waals surface area contributed by atoms with Crippen molar-refractivity contribution >= 4 is 28.6 Å². The van der Waals surface area contributed by atoms with Gasteiger partial charge >= 0.3 is 6.09 Å². The second kappa shape index (κ2) is 5.75. The lowest BCUT2D eigenvalue weighted by Crippen LogP contribution is -2.36. The summed E-state index contributed by atoms with van der Waals surface area (Å²) in [5.41, 5.74) is 2.60. The molecule has 1 N–H and O–H groups in total. The molecule has 122 valence electrons. The van der Waals surface area contributed by atoms with Gasteiger partial charge in [0.2, 0.25) is 0 Å². The Labute approximate surface area is 140 Å². The molecule has 5 heteroatoms. The first-order chi connectivity index (χ1) is 11.1.